The maximum atomic E-state index is 12.6. The van der Waals surface area contributed by atoms with Crippen molar-refractivity contribution < 1.29 is 19.0 Å². The molecule has 31 heavy (non-hydrogen) atoms. The van der Waals surface area contributed by atoms with Crippen LogP contribution in [0.4, 0.5) is 0 Å². The molecule has 2 aromatic carbocycles. The molecule has 1 aromatic heterocycles. The molecule has 0 fully saturated rings. The van der Waals surface area contributed by atoms with Gasteiger partial charge in [-0.1, -0.05) is 32.0 Å². The second-order valence-electron chi connectivity index (χ2n) is 7.36. The Morgan fingerprint density at radius 3 is 2.52 bits per heavy atom. The number of methoxy groups -OCH3 is 2. The minimum atomic E-state index is -0.319. The summed E-state index contributed by atoms with van der Waals surface area (Å²) >= 11 is 0. The smallest absolute Gasteiger partial charge is 0.250 e. The van der Waals surface area contributed by atoms with E-state index in [1.54, 1.807) is 49.4 Å². The highest BCUT2D eigenvalue weighted by atomic mass is 16.5. The van der Waals surface area contributed by atoms with E-state index < -0.39 is 0 Å². The van der Waals surface area contributed by atoms with Crippen molar-refractivity contribution in [3.63, 3.8) is 0 Å². The molecule has 162 valence electrons. The number of carbonyl (C=O) groups excluding carboxylic acids is 1. The maximum Gasteiger partial charge on any atom is 0.250 e. The Labute approximate surface area is 181 Å². The second kappa shape index (κ2) is 10.4. The molecule has 0 unspecified atom stereocenters. The van der Waals surface area contributed by atoms with Gasteiger partial charge in [0.15, 0.2) is 0 Å². The fraction of sp³-hybridized carbons (Fsp3) is 0.292. The van der Waals surface area contributed by atoms with Gasteiger partial charge in [-0.3, -0.25) is 4.79 Å². The molecule has 0 atom stereocenters. The lowest BCUT2D eigenvalue weighted by Crippen LogP contribution is -2.17. The monoisotopic (exact) mass is 421 g/mol. The van der Waals surface area contributed by atoms with Gasteiger partial charge in [0.1, 0.15) is 11.5 Å². The first-order valence-corrected chi connectivity index (χ1v) is 10.1. The number of hydrogen-bond acceptors (Lipinski definition) is 5. The minimum absolute atomic E-state index is 0.0795. The maximum absolute atomic E-state index is 12.6. The summed E-state index contributed by atoms with van der Waals surface area (Å²) in [6.45, 7) is 4.66. The van der Waals surface area contributed by atoms with Crippen molar-refractivity contribution in [1.82, 2.24) is 9.78 Å². The number of amides is 1. The van der Waals surface area contributed by atoms with Crippen molar-refractivity contribution in [1.29, 1.82) is 0 Å². The molecule has 3 aromatic rings. The Morgan fingerprint density at radius 2 is 1.84 bits per heavy atom. The molecule has 0 bridgehead atoms. The SMILES string of the molecule is COc1ccc(OC)c(CC(=O)N=c2cnn(-c3ccccc3)c(OCC(C)C)c2)c1. The van der Waals surface area contributed by atoms with Crippen LogP contribution in [0.1, 0.15) is 19.4 Å². The average Bonchev–Trinajstić information content (AvgIpc) is 2.78. The first kappa shape index (κ1) is 22.1. The molecule has 3 rings (SSSR count). The van der Waals surface area contributed by atoms with Crippen LogP contribution in [0.2, 0.25) is 0 Å². The Kier molecular flexibility index (Phi) is 7.43. The van der Waals surface area contributed by atoms with Gasteiger partial charge < -0.3 is 14.2 Å². The lowest BCUT2D eigenvalue weighted by Gasteiger charge is -2.14. The van der Waals surface area contributed by atoms with E-state index >= 15 is 0 Å². The average molecular weight is 421 g/mol. The third kappa shape index (κ3) is 5.94. The molecule has 0 spiro atoms. The Hall–Kier alpha value is -3.61. The molecule has 7 nitrogen and oxygen atoms in total. The van der Waals surface area contributed by atoms with Gasteiger partial charge in [0.05, 0.1) is 44.5 Å². The van der Waals surface area contributed by atoms with Crippen LogP contribution in [0.15, 0.2) is 65.8 Å². The number of carbonyl (C=O) groups is 1. The molecule has 0 saturated carbocycles. The number of aromatic nitrogens is 2. The van der Waals surface area contributed by atoms with E-state index in [-0.39, 0.29) is 12.3 Å². The summed E-state index contributed by atoms with van der Waals surface area (Å²) in [5.74, 6) is 1.80. The molecule has 0 radical (unpaired) electrons. The van der Waals surface area contributed by atoms with Crippen LogP contribution in [-0.4, -0.2) is 36.5 Å². The van der Waals surface area contributed by atoms with E-state index in [1.807, 2.05) is 30.3 Å². The summed E-state index contributed by atoms with van der Waals surface area (Å²) in [4.78, 5) is 16.9. The fourth-order valence-electron chi connectivity index (χ4n) is 2.94. The zero-order valence-electron chi connectivity index (χ0n) is 18.2. The lowest BCUT2D eigenvalue weighted by molar-refractivity contribution is -0.117. The van der Waals surface area contributed by atoms with Crippen molar-refractivity contribution in [3.05, 3.63) is 71.7 Å². The zero-order valence-corrected chi connectivity index (χ0v) is 18.2. The topological polar surface area (TPSA) is 74.9 Å². The fourth-order valence-corrected chi connectivity index (χ4v) is 2.94. The van der Waals surface area contributed by atoms with E-state index in [4.69, 9.17) is 14.2 Å². The predicted octanol–water partition coefficient (Wildman–Crippen LogP) is 3.59. The van der Waals surface area contributed by atoms with E-state index in [0.29, 0.717) is 40.8 Å². The molecule has 0 aliphatic heterocycles. The predicted molar refractivity (Wildman–Crippen MR) is 118 cm³/mol. The molecule has 0 N–H and O–H groups in total. The Balaban J connectivity index is 1.91. The van der Waals surface area contributed by atoms with Crippen molar-refractivity contribution >= 4 is 5.91 Å². The van der Waals surface area contributed by atoms with Crippen LogP contribution in [0.3, 0.4) is 0 Å². The molecule has 1 heterocycles. The molecule has 1 amide bonds. The molecular formula is C24H27N3O4. The summed E-state index contributed by atoms with van der Waals surface area (Å²) < 4.78 is 18.2. The summed E-state index contributed by atoms with van der Waals surface area (Å²) in [6, 6.07) is 16.7. The summed E-state index contributed by atoms with van der Waals surface area (Å²) in [5.41, 5.74) is 1.57. The van der Waals surface area contributed by atoms with Crippen molar-refractivity contribution in [2.75, 3.05) is 20.8 Å². The van der Waals surface area contributed by atoms with Crippen LogP contribution in [0.5, 0.6) is 17.4 Å². The molecular weight excluding hydrogens is 394 g/mol. The van der Waals surface area contributed by atoms with Gasteiger partial charge in [0.2, 0.25) is 5.88 Å². The normalized spacial score (nSPS) is 11.5. The van der Waals surface area contributed by atoms with E-state index in [9.17, 15) is 4.79 Å². The summed E-state index contributed by atoms with van der Waals surface area (Å²) in [6.07, 6.45) is 1.63. The van der Waals surface area contributed by atoms with Crippen molar-refractivity contribution in [2.45, 2.75) is 20.3 Å². The van der Waals surface area contributed by atoms with Crippen molar-refractivity contribution in [3.8, 4) is 23.1 Å². The molecule has 0 aliphatic rings. The van der Waals surface area contributed by atoms with Crippen LogP contribution in [-0.2, 0) is 11.2 Å². The van der Waals surface area contributed by atoms with Gasteiger partial charge in [0.25, 0.3) is 5.91 Å². The van der Waals surface area contributed by atoms with Gasteiger partial charge in [-0.05, 0) is 36.2 Å². The highest BCUT2D eigenvalue weighted by Gasteiger charge is 2.11. The second-order valence-corrected chi connectivity index (χ2v) is 7.36. The number of benzene rings is 2. The van der Waals surface area contributed by atoms with E-state index in [0.717, 1.165) is 5.69 Å². The van der Waals surface area contributed by atoms with Gasteiger partial charge in [-0.15, -0.1) is 0 Å². The quantitative estimate of drug-likeness (QED) is 0.556. The third-order valence-corrected chi connectivity index (χ3v) is 4.43. The lowest BCUT2D eigenvalue weighted by atomic mass is 10.1. The number of para-hydroxylation sites is 1. The van der Waals surface area contributed by atoms with E-state index in [2.05, 4.69) is 23.9 Å². The van der Waals surface area contributed by atoms with Gasteiger partial charge in [0, 0.05) is 11.6 Å². The highest BCUT2D eigenvalue weighted by molar-refractivity contribution is 5.80. The Bertz CT molecular complexity index is 1090. The first-order chi connectivity index (χ1) is 15.0. The third-order valence-electron chi connectivity index (χ3n) is 4.43. The summed E-state index contributed by atoms with van der Waals surface area (Å²) in [7, 11) is 3.14. The standard InChI is InChI=1S/C24H27N3O4/c1-17(2)16-31-24-14-19(15-25-27(24)20-8-6-5-7-9-20)26-23(28)13-18-12-21(29-3)10-11-22(18)30-4/h5-12,14-15,17H,13,16H2,1-4H3. The zero-order chi connectivity index (χ0) is 22.2. The number of rotatable bonds is 8. The van der Waals surface area contributed by atoms with Crippen LogP contribution >= 0.6 is 0 Å². The van der Waals surface area contributed by atoms with E-state index in [1.165, 1.54) is 0 Å². The van der Waals surface area contributed by atoms with Crippen LogP contribution in [0.25, 0.3) is 5.69 Å². The molecule has 0 saturated heterocycles. The summed E-state index contributed by atoms with van der Waals surface area (Å²) in [5, 5.41) is 4.88. The number of nitrogens with zero attached hydrogens (tertiary/aromatic N) is 3. The number of ether oxygens (including phenoxy) is 3. The Morgan fingerprint density at radius 1 is 1.06 bits per heavy atom. The highest BCUT2D eigenvalue weighted by Crippen LogP contribution is 2.24. The van der Waals surface area contributed by atoms with Crippen LogP contribution < -0.4 is 19.6 Å². The molecule has 7 heteroatoms. The molecule has 0 aliphatic carbocycles. The first-order valence-electron chi connectivity index (χ1n) is 10.1. The largest absolute Gasteiger partial charge is 0.497 e. The van der Waals surface area contributed by atoms with Crippen LogP contribution in [0, 0.1) is 5.92 Å². The van der Waals surface area contributed by atoms with Crippen molar-refractivity contribution in [2.24, 2.45) is 10.9 Å². The van der Waals surface area contributed by atoms with Gasteiger partial charge in [-0.2, -0.15) is 5.10 Å². The van der Waals surface area contributed by atoms with Gasteiger partial charge in [-0.25, -0.2) is 9.67 Å². The van der Waals surface area contributed by atoms with Gasteiger partial charge >= 0.3 is 0 Å². The minimum Gasteiger partial charge on any atom is -0.497 e. The number of hydrogen-bond donors (Lipinski definition) is 0.